The number of nitrogens with zero attached hydrogens (tertiary/aromatic N) is 2. The standard InChI is InChI=1S/C15H20N4O/c1-9-4-7-12(20-9)10(2)17-14-8-13(16-3)18-15(19-14)11-5-6-11/h4,7-8,10-11H,5-6H2,1-3H3,(H2,16,17,18,19). The Labute approximate surface area is 118 Å². The van der Waals surface area contributed by atoms with Crippen molar-refractivity contribution in [2.45, 2.75) is 38.6 Å². The second kappa shape index (κ2) is 5.15. The van der Waals surface area contributed by atoms with Crippen molar-refractivity contribution in [3.8, 4) is 0 Å². The number of hydrogen-bond donors (Lipinski definition) is 2. The summed E-state index contributed by atoms with van der Waals surface area (Å²) in [7, 11) is 1.88. The van der Waals surface area contributed by atoms with Crippen LogP contribution >= 0.6 is 0 Å². The molecular weight excluding hydrogens is 252 g/mol. The van der Waals surface area contributed by atoms with Gasteiger partial charge in [-0.25, -0.2) is 9.97 Å². The first-order chi connectivity index (χ1) is 9.65. The van der Waals surface area contributed by atoms with Crippen molar-refractivity contribution in [1.29, 1.82) is 0 Å². The van der Waals surface area contributed by atoms with Crippen LogP contribution in [0.4, 0.5) is 11.6 Å². The van der Waals surface area contributed by atoms with E-state index in [4.69, 9.17) is 4.42 Å². The average Bonchev–Trinajstić information content (AvgIpc) is 3.20. The quantitative estimate of drug-likeness (QED) is 0.872. The fourth-order valence-corrected chi connectivity index (χ4v) is 2.17. The minimum absolute atomic E-state index is 0.0790. The van der Waals surface area contributed by atoms with Gasteiger partial charge in [-0.3, -0.25) is 0 Å². The SMILES string of the molecule is CNc1cc(NC(C)c2ccc(C)o2)nc(C2CC2)n1. The number of rotatable bonds is 5. The molecule has 2 heterocycles. The average molecular weight is 272 g/mol. The van der Waals surface area contributed by atoms with Crippen molar-refractivity contribution >= 4 is 11.6 Å². The smallest absolute Gasteiger partial charge is 0.136 e. The number of aryl methyl sites for hydroxylation is 1. The van der Waals surface area contributed by atoms with E-state index in [-0.39, 0.29) is 6.04 Å². The van der Waals surface area contributed by atoms with Gasteiger partial charge in [0, 0.05) is 19.0 Å². The molecule has 1 aliphatic carbocycles. The molecule has 1 atom stereocenters. The van der Waals surface area contributed by atoms with Gasteiger partial charge in [-0.15, -0.1) is 0 Å². The van der Waals surface area contributed by atoms with Crippen molar-refractivity contribution in [2.24, 2.45) is 0 Å². The number of aromatic nitrogens is 2. The minimum Gasteiger partial charge on any atom is -0.464 e. The van der Waals surface area contributed by atoms with Crippen LogP contribution in [0.1, 0.15) is 49.1 Å². The zero-order valence-electron chi connectivity index (χ0n) is 12.1. The van der Waals surface area contributed by atoms with E-state index in [1.54, 1.807) is 0 Å². The third-order valence-corrected chi connectivity index (χ3v) is 3.49. The monoisotopic (exact) mass is 272 g/mol. The first kappa shape index (κ1) is 13.0. The normalized spacial score (nSPS) is 15.9. The van der Waals surface area contributed by atoms with Crippen LogP contribution in [0.5, 0.6) is 0 Å². The molecule has 0 bridgehead atoms. The van der Waals surface area contributed by atoms with Gasteiger partial charge in [-0.05, 0) is 38.8 Å². The number of nitrogens with one attached hydrogen (secondary N) is 2. The molecule has 1 fully saturated rings. The number of furan rings is 1. The molecule has 0 amide bonds. The van der Waals surface area contributed by atoms with Crippen LogP contribution < -0.4 is 10.6 Å². The Morgan fingerprint density at radius 3 is 2.60 bits per heavy atom. The van der Waals surface area contributed by atoms with Gasteiger partial charge >= 0.3 is 0 Å². The van der Waals surface area contributed by atoms with E-state index in [9.17, 15) is 0 Å². The second-order valence-electron chi connectivity index (χ2n) is 5.34. The molecule has 1 aliphatic rings. The summed E-state index contributed by atoms with van der Waals surface area (Å²) in [5.41, 5.74) is 0. The largest absolute Gasteiger partial charge is 0.464 e. The van der Waals surface area contributed by atoms with Crippen LogP contribution in [0, 0.1) is 6.92 Å². The molecule has 3 rings (SSSR count). The molecule has 5 heteroatoms. The van der Waals surface area contributed by atoms with E-state index in [1.807, 2.05) is 32.2 Å². The Kier molecular flexibility index (Phi) is 3.34. The third-order valence-electron chi connectivity index (χ3n) is 3.49. The fraction of sp³-hybridized carbons (Fsp3) is 0.467. The lowest BCUT2D eigenvalue weighted by Gasteiger charge is -2.14. The van der Waals surface area contributed by atoms with Crippen molar-refractivity contribution in [2.75, 3.05) is 17.7 Å². The van der Waals surface area contributed by atoms with E-state index in [1.165, 1.54) is 12.8 Å². The Hall–Kier alpha value is -2.04. The molecule has 0 aromatic carbocycles. The summed E-state index contributed by atoms with van der Waals surface area (Å²) in [5.74, 6) is 5.00. The zero-order chi connectivity index (χ0) is 14.1. The molecule has 106 valence electrons. The van der Waals surface area contributed by atoms with Gasteiger partial charge in [0.1, 0.15) is 29.0 Å². The molecule has 20 heavy (non-hydrogen) atoms. The van der Waals surface area contributed by atoms with E-state index in [0.29, 0.717) is 5.92 Å². The predicted molar refractivity (Wildman–Crippen MR) is 79.0 cm³/mol. The van der Waals surface area contributed by atoms with Gasteiger partial charge in [0.05, 0.1) is 6.04 Å². The topological polar surface area (TPSA) is 63.0 Å². The van der Waals surface area contributed by atoms with Gasteiger partial charge in [0.15, 0.2) is 0 Å². The van der Waals surface area contributed by atoms with Crippen LogP contribution in [0.2, 0.25) is 0 Å². The Morgan fingerprint density at radius 2 is 2.00 bits per heavy atom. The van der Waals surface area contributed by atoms with Crippen LogP contribution in [0.25, 0.3) is 0 Å². The summed E-state index contributed by atoms with van der Waals surface area (Å²) in [6, 6.07) is 5.98. The van der Waals surface area contributed by atoms with Crippen molar-refractivity contribution in [3.63, 3.8) is 0 Å². The van der Waals surface area contributed by atoms with E-state index >= 15 is 0 Å². The minimum atomic E-state index is 0.0790. The second-order valence-corrected chi connectivity index (χ2v) is 5.34. The van der Waals surface area contributed by atoms with Crippen molar-refractivity contribution in [1.82, 2.24) is 9.97 Å². The molecule has 2 aromatic rings. The first-order valence-corrected chi connectivity index (χ1v) is 7.05. The summed E-state index contributed by atoms with van der Waals surface area (Å²) in [6.45, 7) is 4.02. The maximum absolute atomic E-state index is 5.64. The summed E-state index contributed by atoms with van der Waals surface area (Å²) in [4.78, 5) is 9.12. The van der Waals surface area contributed by atoms with E-state index in [2.05, 4.69) is 27.5 Å². The highest BCUT2D eigenvalue weighted by Crippen LogP contribution is 2.39. The summed E-state index contributed by atoms with van der Waals surface area (Å²) >= 11 is 0. The molecule has 2 aromatic heterocycles. The van der Waals surface area contributed by atoms with Crippen LogP contribution in [-0.4, -0.2) is 17.0 Å². The van der Waals surface area contributed by atoms with Gasteiger partial charge in [0.25, 0.3) is 0 Å². The summed E-state index contributed by atoms with van der Waals surface area (Å²) in [5, 5.41) is 6.48. The summed E-state index contributed by atoms with van der Waals surface area (Å²) in [6.07, 6.45) is 2.39. The Morgan fingerprint density at radius 1 is 1.25 bits per heavy atom. The maximum atomic E-state index is 5.64. The molecule has 0 aliphatic heterocycles. The van der Waals surface area contributed by atoms with Crippen LogP contribution in [0.15, 0.2) is 22.6 Å². The molecule has 0 radical (unpaired) electrons. The Bertz CT molecular complexity index is 604. The molecule has 5 nitrogen and oxygen atoms in total. The third kappa shape index (κ3) is 2.76. The first-order valence-electron chi connectivity index (χ1n) is 7.05. The molecule has 0 saturated heterocycles. The number of hydrogen-bond acceptors (Lipinski definition) is 5. The van der Waals surface area contributed by atoms with Crippen LogP contribution in [0.3, 0.4) is 0 Å². The highest BCUT2D eigenvalue weighted by Gasteiger charge is 2.27. The molecular formula is C15H20N4O. The number of anilines is 2. The lowest BCUT2D eigenvalue weighted by molar-refractivity contribution is 0.466. The lowest BCUT2D eigenvalue weighted by atomic mass is 10.2. The maximum Gasteiger partial charge on any atom is 0.136 e. The highest BCUT2D eigenvalue weighted by molar-refractivity contribution is 5.48. The highest BCUT2D eigenvalue weighted by atomic mass is 16.3. The summed E-state index contributed by atoms with van der Waals surface area (Å²) < 4.78 is 5.64. The molecule has 1 unspecified atom stereocenters. The fourth-order valence-electron chi connectivity index (χ4n) is 2.17. The van der Waals surface area contributed by atoms with Gasteiger partial charge in [0.2, 0.25) is 0 Å². The lowest BCUT2D eigenvalue weighted by Crippen LogP contribution is -2.09. The van der Waals surface area contributed by atoms with E-state index in [0.717, 1.165) is 29.0 Å². The molecule has 0 spiro atoms. The predicted octanol–water partition coefficient (Wildman–Crippen LogP) is 3.47. The molecule has 1 saturated carbocycles. The van der Waals surface area contributed by atoms with Gasteiger partial charge in [-0.1, -0.05) is 0 Å². The zero-order valence-corrected chi connectivity index (χ0v) is 12.1. The van der Waals surface area contributed by atoms with Crippen molar-refractivity contribution in [3.05, 3.63) is 35.5 Å². The Balaban J connectivity index is 1.80. The van der Waals surface area contributed by atoms with Crippen LogP contribution in [-0.2, 0) is 0 Å². The van der Waals surface area contributed by atoms with Gasteiger partial charge < -0.3 is 15.1 Å². The van der Waals surface area contributed by atoms with E-state index < -0.39 is 0 Å². The van der Waals surface area contributed by atoms with Gasteiger partial charge in [-0.2, -0.15) is 0 Å². The molecule has 2 N–H and O–H groups in total. The van der Waals surface area contributed by atoms with Crippen molar-refractivity contribution < 1.29 is 4.42 Å².